The second-order valence-electron chi connectivity index (χ2n) is 2.94. The van der Waals surface area contributed by atoms with Crippen LogP contribution in [0, 0.1) is 0 Å². The first-order chi connectivity index (χ1) is 4.34. The molecule has 0 saturated carbocycles. The van der Waals surface area contributed by atoms with Crippen molar-refractivity contribution in [3.8, 4) is 0 Å². The highest BCUT2D eigenvalue weighted by Crippen LogP contribution is 2.07. The third-order valence-electron chi connectivity index (χ3n) is 1.23. The van der Waals surface area contributed by atoms with Gasteiger partial charge < -0.3 is 15.9 Å². The second kappa shape index (κ2) is 2.98. The fourth-order valence-electron chi connectivity index (χ4n) is 0.428. The third-order valence-corrected chi connectivity index (χ3v) is 1.23. The summed E-state index contributed by atoms with van der Waals surface area (Å²) in [4.78, 5) is 10.0. The van der Waals surface area contributed by atoms with Crippen LogP contribution in [0.5, 0.6) is 0 Å². The molecular weight excluding hydrogens is 134 g/mol. The molecule has 0 aromatic heterocycles. The quantitative estimate of drug-likeness (QED) is 0.505. The number of aliphatic carboxylic acids is 1. The lowest BCUT2D eigenvalue weighted by Crippen LogP contribution is -2.45. The standard InChI is InChI=1S/C6H13NO3/c1-6(2,7)4(8)3-5(9)10/h4,8H,3,7H2,1-2H3,(H,9,10)/t4-/m0/s1. The number of rotatable bonds is 3. The summed E-state index contributed by atoms with van der Waals surface area (Å²) in [5.41, 5.74) is 4.58. The Morgan fingerprint density at radius 3 is 2.20 bits per heavy atom. The lowest BCUT2D eigenvalue weighted by atomic mass is 9.96. The van der Waals surface area contributed by atoms with Gasteiger partial charge in [0.2, 0.25) is 0 Å². The molecule has 0 spiro atoms. The molecule has 4 N–H and O–H groups in total. The van der Waals surface area contributed by atoms with E-state index < -0.39 is 17.6 Å². The molecule has 4 heteroatoms. The molecule has 0 aliphatic carbocycles. The van der Waals surface area contributed by atoms with Gasteiger partial charge in [0, 0.05) is 5.54 Å². The van der Waals surface area contributed by atoms with Gasteiger partial charge in [-0.15, -0.1) is 0 Å². The van der Waals surface area contributed by atoms with E-state index >= 15 is 0 Å². The molecule has 0 radical (unpaired) electrons. The first-order valence-corrected chi connectivity index (χ1v) is 3.03. The fraction of sp³-hybridized carbons (Fsp3) is 0.833. The summed E-state index contributed by atoms with van der Waals surface area (Å²) < 4.78 is 0. The van der Waals surface area contributed by atoms with Gasteiger partial charge in [0.15, 0.2) is 0 Å². The smallest absolute Gasteiger partial charge is 0.306 e. The maximum Gasteiger partial charge on any atom is 0.306 e. The van der Waals surface area contributed by atoms with Gasteiger partial charge in [-0.05, 0) is 13.8 Å². The maximum atomic E-state index is 10.0. The Kier molecular flexibility index (Phi) is 2.80. The van der Waals surface area contributed by atoms with Crippen molar-refractivity contribution in [3.63, 3.8) is 0 Å². The minimum absolute atomic E-state index is 0.302. The number of hydrogen-bond acceptors (Lipinski definition) is 3. The molecule has 0 unspecified atom stereocenters. The van der Waals surface area contributed by atoms with E-state index in [4.69, 9.17) is 15.9 Å². The average Bonchev–Trinajstić information content (AvgIpc) is 1.60. The first kappa shape index (κ1) is 9.39. The van der Waals surface area contributed by atoms with Gasteiger partial charge in [0.05, 0.1) is 12.5 Å². The van der Waals surface area contributed by atoms with Gasteiger partial charge in [-0.1, -0.05) is 0 Å². The van der Waals surface area contributed by atoms with E-state index in [1.54, 1.807) is 13.8 Å². The van der Waals surface area contributed by atoms with Crippen LogP contribution in [0.15, 0.2) is 0 Å². The minimum atomic E-state index is -1.04. The molecule has 0 fully saturated rings. The summed E-state index contributed by atoms with van der Waals surface area (Å²) >= 11 is 0. The summed E-state index contributed by atoms with van der Waals surface area (Å²) in [6.45, 7) is 3.17. The molecular formula is C6H13NO3. The molecule has 0 aliphatic heterocycles. The summed E-state index contributed by atoms with van der Waals surface area (Å²) in [5.74, 6) is -1.04. The van der Waals surface area contributed by atoms with E-state index in [1.165, 1.54) is 0 Å². The molecule has 1 atom stereocenters. The van der Waals surface area contributed by atoms with Crippen molar-refractivity contribution in [1.29, 1.82) is 0 Å². The maximum absolute atomic E-state index is 10.0. The normalized spacial score (nSPS) is 14.8. The van der Waals surface area contributed by atoms with Gasteiger partial charge in [0.25, 0.3) is 0 Å². The van der Waals surface area contributed by atoms with E-state index in [0.717, 1.165) is 0 Å². The largest absolute Gasteiger partial charge is 0.481 e. The van der Waals surface area contributed by atoms with Crippen molar-refractivity contribution in [2.24, 2.45) is 5.73 Å². The molecule has 0 rings (SSSR count). The lowest BCUT2D eigenvalue weighted by molar-refractivity contribution is -0.140. The molecule has 60 valence electrons. The highest BCUT2D eigenvalue weighted by Gasteiger charge is 2.24. The summed E-state index contributed by atoms with van der Waals surface area (Å²) in [6, 6.07) is 0. The van der Waals surface area contributed by atoms with Crippen LogP contribution >= 0.6 is 0 Å². The number of nitrogens with two attached hydrogens (primary N) is 1. The van der Waals surface area contributed by atoms with Crippen molar-refractivity contribution >= 4 is 5.97 Å². The number of carbonyl (C=O) groups is 1. The highest BCUT2D eigenvalue weighted by molar-refractivity contribution is 5.67. The molecule has 4 nitrogen and oxygen atoms in total. The molecule has 0 amide bonds. The van der Waals surface area contributed by atoms with E-state index in [9.17, 15) is 4.79 Å². The topological polar surface area (TPSA) is 83.5 Å². The summed E-state index contributed by atoms with van der Waals surface area (Å²) in [6.07, 6.45) is -1.28. The van der Waals surface area contributed by atoms with Gasteiger partial charge in [0.1, 0.15) is 0 Å². The molecule has 0 saturated heterocycles. The number of aliphatic hydroxyl groups excluding tert-OH is 1. The van der Waals surface area contributed by atoms with Crippen LogP contribution < -0.4 is 5.73 Å². The monoisotopic (exact) mass is 147 g/mol. The lowest BCUT2D eigenvalue weighted by Gasteiger charge is -2.23. The molecule has 0 heterocycles. The Hall–Kier alpha value is -0.610. The molecule has 0 bridgehead atoms. The Bertz CT molecular complexity index is 127. The Labute approximate surface area is 59.7 Å². The summed E-state index contributed by atoms with van der Waals surface area (Å²) in [7, 11) is 0. The third kappa shape index (κ3) is 3.42. The van der Waals surface area contributed by atoms with Crippen molar-refractivity contribution in [1.82, 2.24) is 0 Å². The number of hydrogen-bond donors (Lipinski definition) is 3. The van der Waals surface area contributed by atoms with Crippen molar-refractivity contribution in [3.05, 3.63) is 0 Å². The van der Waals surface area contributed by atoms with Crippen molar-refractivity contribution in [2.75, 3.05) is 0 Å². The predicted octanol–water partition coefficient (Wildman–Crippen LogP) is -0.441. The van der Waals surface area contributed by atoms with Crippen molar-refractivity contribution in [2.45, 2.75) is 31.9 Å². The van der Waals surface area contributed by atoms with Crippen LogP contribution in [0.25, 0.3) is 0 Å². The predicted molar refractivity (Wildman–Crippen MR) is 36.5 cm³/mol. The van der Waals surface area contributed by atoms with Crippen LogP contribution in [-0.2, 0) is 4.79 Å². The van der Waals surface area contributed by atoms with Crippen LogP contribution in [0.2, 0.25) is 0 Å². The van der Waals surface area contributed by atoms with Crippen molar-refractivity contribution < 1.29 is 15.0 Å². The van der Waals surface area contributed by atoms with Gasteiger partial charge in [-0.3, -0.25) is 4.79 Å². The molecule has 10 heavy (non-hydrogen) atoms. The second-order valence-corrected chi connectivity index (χ2v) is 2.94. The van der Waals surface area contributed by atoms with E-state index in [2.05, 4.69) is 0 Å². The molecule has 0 aromatic carbocycles. The van der Waals surface area contributed by atoms with Crippen LogP contribution in [0.1, 0.15) is 20.3 Å². The first-order valence-electron chi connectivity index (χ1n) is 3.03. The molecule has 0 aromatic rings. The fourth-order valence-corrected chi connectivity index (χ4v) is 0.428. The van der Waals surface area contributed by atoms with E-state index in [0.29, 0.717) is 0 Å². The Balaban J connectivity index is 3.85. The van der Waals surface area contributed by atoms with E-state index in [-0.39, 0.29) is 6.42 Å². The zero-order valence-electron chi connectivity index (χ0n) is 6.16. The zero-order valence-corrected chi connectivity index (χ0v) is 6.16. The Morgan fingerprint density at radius 2 is 2.10 bits per heavy atom. The number of carboxylic acid groups (broad SMARTS) is 1. The summed E-state index contributed by atoms with van der Waals surface area (Å²) in [5, 5.41) is 17.3. The Morgan fingerprint density at radius 1 is 1.70 bits per heavy atom. The van der Waals surface area contributed by atoms with E-state index in [1.807, 2.05) is 0 Å². The van der Waals surface area contributed by atoms with Crippen LogP contribution in [-0.4, -0.2) is 27.8 Å². The van der Waals surface area contributed by atoms with Crippen LogP contribution in [0.4, 0.5) is 0 Å². The van der Waals surface area contributed by atoms with Gasteiger partial charge >= 0.3 is 5.97 Å². The SMILES string of the molecule is CC(C)(N)[C@@H](O)CC(=O)O. The average molecular weight is 147 g/mol. The highest BCUT2D eigenvalue weighted by atomic mass is 16.4. The van der Waals surface area contributed by atoms with Gasteiger partial charge in [-0.25, -0.2) is 0 Å². The zero-order chi connectivity index (χ0) is 8.36. The number of aliphatic hydroxyl groups is 1. The number of carboxylic acids is 1. The molecule has 0 aliphatic rings. The van der Waals surface area contributed by atoms with Gasteiger partial charge in [-0.2, -0.15) is 0 Å². The minimum Gasteiger partial charge on any atom is -0.481 e. The van der Waals surface area contributed by atoms with Crippen LogP contribution in [0.3, 0.4) is 0 Å².